The Labute approximate surface area is 149 Å². The van der Waals surface area contributed by atoms with Crippen LogP contribution < -0.4 is 4.74 Å². The Bertz CT molecular complexity index is 704. The Morgan fingerprint density at radius 3 is 2.48 bits per heavy atom. The molecule has 2 rings (SSSR count). The molecule has 0 saturated carbocycles. The Kier molecular flexibility index (Phi) is 8.00. The molecule has 25 heavy (non-hydrogen) atoms. The molecule has 0 heterocycles. The molecule has 132 valence electrons. The van der Waals surface area contributed by atoms with Gasteiger partial charge in [0.05, 0.1) is 20.3 Å². The molecule has 0 saturated heterocycles. The van der Waals surface area contributed by atoms with Crippen molar-refractivity contribution < 1.29 is 14.9 Å². The van der Waals surface area contributed by atoms with Crippen molar-refractivity contribution in [1.29, 1.82) is 0 Å². The predicted octanol–water partition coefficient (Wildman–Crippen LogP) is 2.42. The van der Waals surface area contributed by atoms with E-state index in [1.807, 2.05) is 36.4 Å². The van der Waals surface area contributed by atoms with Crippen molar-refractivity contribution >= 4 is 0 Å². The first-order chi connectivity index (χ1) is 12.3. The summed E-state index contributed by atoms with van der Waals surface area (Å²) in [6.45, 7) is 2.15. The molecule has 0 unspecified atom stereocenters. The molecule has 0 bridgehead atoms. The van der Waals surface area contributed by atoms with E-state index in [1.54, 1.807) is 7.11 Å². The molecule has 4 nitrogen and oxygen atoms in total. The molecule has 0 amide bonds. The van der Waals surface area contributed by atoms with Crippen LogP contribution in [0.25, 0.3) is 0 Å². The minimum Gasteiger partial charge on any atom is -0.497 e. The van der Waals surface area contributed by atoms with E-state index in [1.165, 1.54) is 5.56 Å². The molecular weight excluding hydrogens is 314 g/mol. The molecule has 0 aliphatic heterocycles. The van der Waals surface area contributed by atoms with E-state index in [0.29, 0.717) is 19.5 Å². The standard InChI is InChI=1S/C21H25NO3/c1-25-21-11-10-19(9-5-6-13-23)20(15-21)17-22(12-14-24)16-18-7-3-2-4-8-18/h2-4,7-8,10-11,15,23-24H,6,12-14,16-17H2,1H3. The van der Waals surface area contributed by atoms with E-state index < -0.39 is 0 Å². The summed E-state index contributed by atoms with van der Waals surface area (Å²) >= 11 is 0. The van der Waals surface area contributed by atoms with Crippen molar-refractivity contribution in [3.63, 3.8) is 0 Å². The molecule has 0 spiro atoms. The van der Waals surface area contributed by atoms with Crippen LogP contribution in [0.5, 0.6) is 5.75 Å². The molecule has 2 aromatic rings. The van der Waals surface area contributed by atoms with E-state index >= 15 is 0 Å². The first-order valence-corrected chi connectivity index (χ1v) is 8.40. The van der Waals surface area contributed by atoms with Crippen LogP contribution in [0.1, 0.15) is 23.1 Å². The van der Waals surface area contributed by atoms with Gasteiger partial charge in [-0.1, -0.05) is 42.2 Å². The molecule has 0 fully saturated rings. The van der Waals surface area contributed by atoms with Crippen molar-refractivity contribution in [2.75, 3.05) is 26.9 Å². The van der Waals surface area contributed by atoms with E-state index in [0.717, 1.165) is 23.4 Å². The lowest BCUT2D eigenvalue weighted by atomic mass is 10.1. The van der Waals surface area contributed by atoms with Crippen LogP contribution in [-0.2, 0) is 13.1 Å². The number of aliphatic hydroxyl groups excluding tert-OH is 2. The van der Waals surface area contributed by atoms with Crippen LogP contribution in [-0.4, -0.2) is 42.0 Å². The topological polar surface area (TPSA) is 52.9 Å². The summed E-state index contributed by atoms with van der Waals surface area (Å²) < 4.78 is 5.34. The summed E-state index contributed by atoms with van der Waals surface area (Å²) in [7, 11) is 1.64. The molecule has 4 heteroatoms. The fourth-order valence-electron chi connectivity index (χ4n) is 2.60. The van der Waals surface area contributed by atoms with Gasteiger partial charge < -0.3 is 14.9 Å². The molecular formula is C21H25NO3. The quantitative estimate of drug-likeness (QED) is 0.725. The number of hydrogen-bond donors (Lipinski definition) is 2. The number of hydrogen-bond acceptors (Lipinski definition) is 4. The zero-order valence-corrected chi connectivity index (χ0v) is 14.6. The average Bonchev–Trinajstić information content (AvgIpc) is 2.64. The van der Waals surface area contributed by atoms with Crippen molar-refractivity contribution in [1.82, 2.24) is 4.90 Å². The second-order valence-electron chi connectivity index (χ2n) is 5.72. The lowest BCUT2D eigenvalue weighted by molar-refractivity contribution is 0.184. The zero-order valence-electron chi connectivity index (χ0n) is 14.6. The summed E-state index contributed by atoms with van der Waals surface area (Å²) in [4.78, 5) is 2.18. The highest BCUT2D eigenvalue weighted by Gasteiger charge is 2.10. The normalized spacial score (nSPS) is 10.4. The van der Waals surface area contributed by atoms with Crippen molar-refractivity contribution in [3.05, 3.63) is 65.2 Å². The van der Waals surface area contributed by atoms with Crippen LogP contribution in [0.4, 0.5) is 0 Å². The fraction of sp³-hybridized carbons (Fsp3) is 0.333. The molecule has 0 aliphatic carbocycles. The van der Waals surface area contributed by atoms with Crippen LogP contribution in [0.15, 0.2) is 48.5 Å². The average molecular weight is 339 g/mol. The Morgan fingerprint density at radius 2 is 1.80 bits per heavy atom. The lowest BCUT2D eigenvalue weighted by Gasteiger charge is -2.22. The maximum absolute atomic E-state index is 9.41. The number of aliphatic hydroxyl groups is 2. The van der Waals surface area contributed by atoms with E-state index in [4.69, 9.17) is 9.84 Å². The number of nitrogens with zero attached hydrogens (tertiary/aromatic N) is 1. The van der Waals surface area contributed by atoms with E-state index in [-0.39, 0.29) is 13.2 Å². The zero-order chi connectivity index (χ0) is 17.9. The Balaban J connectivity index is 2.22. The van der Waals surface area contributed by atoms with Gasteiger partial charge in [-0.05, 0) is 29.3 Å². The Hall–Kier alpha value is -2.32. The molecule has 2 aromatic carbocycles. The monoisotopic (exact) mass is 339 g/mol. The first-order valence-electron chi connectivity index (χ1n) is 8.40. The van der Waals surface area contributed by atoms with Crippen LogP contribution in [0, 0.1) is 11.8 Å². The van der Waals surface area contributed by atoms with Gasteiger partial charge in [-0.2, -0.15) is 0 Å². The maximum Gasteiger partial charge on any atom is 0.119 e. The largest absolute Gasteiger partial charge is 0.497 e. The second kappa shape index (κ2) is 10.5. The van der Waals surface area contributed by atoms with Gasteiger partial charge in [0, 0.05) is 31.6 Å². The summed E-state index contributed by atoms with van der Waals surface area (Å²) in [6, 6.07) is 16.0. The van der Waals surface area contributed by atoms with Crippen molar-refractivity contribution in [3.8, 4) is 17.6 Å². The summed E-state index contributed by atoms with van der Waals surface area (Å²) in [5, 5.41) is 18.3. The van der Waals surface area contributed by atoms with Gasteiger partial charge in [0.15, 0.2) is 0 Å². The molecule has 2 N–H and O–H groups in total. The molecule has 0 aromatic heterocycles. The maximum atomic E-state index is 9.41. The highest BCUT2D eigenvalue weighted by Crippen LogP contribution is 2.20. The summed E-state index contributed by atoms with van der Waals surface area (Å²) in [5.74, 6) is 6.88. The molecule has 0 radical (unpaired) electrons. The van der Waals surface area contributed by atoms with Gasteiger partial charge in [0.2, 0.25) is 0 Å². The fourth-order valence-corrected chi connectivity index (χ4v) is 2.60. The lowest BCUT2D eigenvalue weighted by Crippen LogP contribution is -2.26. The van der Waals surface area contributed by atoms with E-state index in [9.17, 15) is 5.11 Å². The van der Waals surface area contributed by atoms with E-state index in [2.05, 4.69) is 28.9 Å². The predicted molar refractivity (Wildman–Crippen MR) is 99.2 cm³/mol. The minimum atomic E-state index is 0.0587. The van der Waals surface area contributed by atoms with Crippen LogP contribution >= 0.6 is 0 Å². The molecule has 0 atom stereocenters. The highest BCUT2D eigenvalue weighted by atomic mass is 16.5. The number of benzene rings is 2. The van der Waals surface area contributed by atoms with Crippen molar-refractivity contribution in [2.45, 2.75) is 19.5 Å². The third-order valence-corrected chi connectivity index (χ3v) is 3.83. The Morgan fingerprint density at radius 1 is 1.00 bits per heavy atom. The van der Waals surface area contributed by atoms with Crippen molar-refractivity contribution in [2.24, 2.45) is 0 Å². The van der Waals surface area contributed by atoms with Crippen LogP contribution in [0.2, 0.25) is 0 Å². The van der Waals surface area contributed by atoms with Crippen LogP contribution in [0.3, 0.4) is 0 Å². The smallest absolute Gasteiger partial charge is 0.119 e. The van der Waals surface area contributed by atoms with Gasteiger partial charge in [-0.25, -0.2) is 0 Å². The van der Waals surface area contributed by atoms with Gasteiger partial charge >= 0.3 is 0 Å². The van der Waals surface area contributed by atoms with Gasteiger partial charge in [-0.3, -0.25) is 4.90 Å². The SMILES string of the molecule is COc1ccc(C#CCCO)c(CN(CCO)Cc2ccccc2)c1. The third-order valence-electron chi connectivity index (χ3n) is 3.83. The molecule has 0 aliphatic rings. The van der Waals surface area contributed by atoms with Gasteiger partial charge in [0.25, 0.3) is 0 Å². The minimum absolute atomic E-state index is 0.0587. The third kappa shape index (κ3) is 6.24. The second-order valence-corrected chi connectivity index (χ2v) is 5.72. The summed E-state index contributed by atoms with van der Waals surface area (Å²) in [5.41, 5.74) is 3.17. The number of ether oxygens (including phenoxy) is 1. The number of methoxy groups -OCH3 is 1. The highest BCUT2D eigenvalue weighted by molar-refractivity contribution is 5.45. The van der Waals surface area contributed by atoms with Gasteiger partial charge in [-0.15, -0.1) is 0 Å². The first kappa shape index (κ1) is 19.0. The van der Waals surface area contributed by atoms with Gasteiger partial charge in [0.1, 0.15) is 5.75 Å². The summed E-state index contributed by atoms with van der Waals surface area (Å²) in [6.07, 6.45) is 0.454. The number of rotatable bonds is 8.